The van der Waals surface area contributed by atoms with Crippen LogP contribution in [0.2, 0.25) is 0 Å². The smallest absolute Gasteiger partial charge is 0.254 e. The lowest BCUT2D eigenvalue weighted by Gasteiger charge is -2.43. The van der Waals surface area contributed by atoms with E-state index in [0.29, 0.717) is 43.9 Å². The number of anilines is 1. The van der Waals surface area contributed by atoms with Crippen LogP contribution in [0.5, 0.6) is 0 Å². The topological polar surface area (TPSA) is 86.1 Å². The molecule has 3 amide bonds. The first kappa shape index (κ1) is 23.7. The maximum absolute atomic E-state index is 13.8. The van der Waals surface area contributed by atoms with Gasteiger partial charge in [-0.25, -0.2) is 0 Å². The summed E-state index contributed by atoms with van der Waals surface area (Å²) in [6.45, 7) is 3.45. The number of hydrogen-bond acceptors (Lipinski definition) is 5. The second-order valence-electron chi connectivity index (χ2n) is 9.40. The maximum atomic E-state index is 13.8. The van der Waals surface area contributed by atoms with E-state index in [2.05, 4.69) is 10.2 Å². The molecular weight excluding hydrogens is 456 g/mol. The zero-order valence-corrected chi connectivity index (χ0v) is 20.4. The zero-order valence-electron chi connectivity index (χ0n) is 20.4. The lowest BCUT2D eigenvalue weighted by molar-refractivity contribution is -0.137. The minimum atomic E-state index is -0.787. The number of piperidine rings is 1. The minimum absolute atomic E-state index is 0.00572. The molecule has 2 fully saturated rings. The van der Waals surface area contributed by atoms with Crippen LogP contribution in [0.4, 0.5) is 5.69 Å². The molecule has 2 saturated heterocycles. The summed E-state index contributed by atoms with van der Waals surface area (Å²) in [7, 11) is 0. The van der Waals surface area contributed by atoms with Gasteiger partial charge in [0.1, 0.15) is 17.8 Å². The van der Waals surface area contributed by atoms with E-state index in [1.165, 1.54) is 0 Å². The van der Waals surface area contributed by atoms with Gasteiger partial charge in [0.25, 0.3) is 11.8 Å². The van der Waals surface area contributed by atoms with Crippen molar-refractivity contribution in [2.24, 2.45) is 0 Å². The Balaban J connectivity index is 1.32. The number of likely N-dealkylation sites (tertiary alicyclic amines) is 1. The summed E-state index contributed by atoms with van der Waals surface area (Å²) in [5.41, 5.74) is 1.78. The van der Waals surface area contributed by atoms with Crippen LogP contribution in [0.1, 0.15) is 34.5 Å². The Kier molecular flexibility index (Phi) is 6.50. The first-order valence-electron chi connectivity index (χ1n) is 12.2. The number of nitrogens with one attached hydrogen (secondary N) is 1. The number of furan rings is 1. The van der Waals surface area contributed by atoms with Crippen molar-refractivity contribution in [2.75, 3.05) is 31.2 Å². The van der Waals surface area contributed by atoms with Gasteiger partial charge in [0.05, 0.1) is 19.5 Å². The van der Waals surface area contributed by atoms with Crippen molar-refractivity contribution in [3.8, 4) is 0 Å². The number of aryl methyl sites for hydroxylation is 1. The average molecular weight is 487 g/mol. The number of amides is 3. The van der Waals surface area contributed by atoms with Crippen molar-refractivity contribution in [1.29, 1.82) is 0 Å². The summed E-state index contributed by atoms with van der Waals surface area (Å²) in [6, 6.07) is 20.9. The molecule has 2 aromatic carbocycles. The lowest BCUT2D eigenvalue weighted by Crippen LogP contribution is -2.57. The van der Waals surface area contributed by atoms with E-state index < -0.39 is 5.54 Å². The largest absolute Gasteiger partial charge is 0.467 e. The fraction of sp³-hybridized carbons (Fsp3) is 0.321. The molecule has 1 spiro atoms. The van der Waals surface area contributed by atoms with Crippen LogP contribution in [0.15, 0.2) is 77.4 Å². The van der Waals surface area contributed by atoms with Gasteiger partial charge in [0.2, 0.25) is 5.91 Å². The molecule has 5 rings (SSSR count). The lowest BCUT2D eigenvalue weighted by atomic mass is 9.85. The summed E-state index contributed by atoms with van der Waals surface area (Å²) < 4.78 is 5.27. The molecular formula is C28H30N4O4. The summed E-state index contributed by atoms with van der Waals surface area (Å²) in [6.07, 6.45) is 2.56. The molecule has 36 heavy (non-hydrogen) atoms. The third-order valence-electron chi connectivity index (χ3n) is 7.21. The Morgan fingerprint density at radius 2 is 1.69 bits per heavy atom. The third-order valence-corrected chi connectivity index (χ3v) is 7.21. The minimum Gasteiger partial charge on any atom is -0.467 e. The molecule has 0 unspecified atom stereocenters. The fourth-order valence-electron chi connectivity index (χ4n) is 5.21. The Morgan fingerprint density at radius 3 is 2.39 bits per heavy atom. The molecule has 2 aliphatic heterocycles. The summed E-state index contributed by atoms with van der Waals surface area (Å²) >= 11 is 0. The molecule has 0 aliphatic carbocycles. The molecule has 1 N–H and O–H groups in total. The Labute approximate surface area is 210 Å². The van der Waals surface area contributed by atoms with E-state index in [0.717, 1.165) is 11.3 Å². The van der Waals surface area contributed by atoms with Crippen LogP contribution in [0.25, 0.3) is 0 Å². The SMILES string of the molecule is Cc1ccccc1C(=O)N1CCC2(CC1)C(=O)N(CC(=O)NCc1ccco1)CN2c1ccccc1. The highest BCUT2D eigenvalue weighted by molar-refractivity contribution is 5.98. The number of hydrogen-bond donors (Lipinski definition) is 1. The van der Waals surface area contributed by atoms with Crippen LogP contribution < -0.4 is 10.2 Å². The predicted octanol–water partition coefficient (Wildman–Crippen LogP) is 3.19. The highest BCUT2D eigenvalue weighted by Gasteiger charge is 2.54. The highest BCUT2D eigenvalue weighted by atomic mass is 16.3. The van der Waals surface area contributed by atoms with Gasteiger partial charge in [-0.05, 0) is 55.7 Å². The Morgan fingerprint density at radius 1 is 0.972 bits per heavy atom. The molecule has 0 radical (unpaired) electrons. The van der Waals surface area contributed by atoms with Gasteiger partial charge in [-0.3, -0.25) is 14.4 Å². The first-order valence-corrected chi connectivity index (χ1v) is 12.2. The second kappa shape index (κ2) is 9.89. The van der Waals surface area contributed by atoms with Crippen molar-refractivity contribution < 1.29 is 18.8 Å². The van der Waals surface area contributed by atoms with Gasteiger partial charge in [-0.2, -0.15) is 0 Å². The van der Waals surface area contributed by atoms with Crippen LogP contribution in [0, 0.1) is 6.92 Å². The van der Waals surface area contributed by atoms with Gasteiger partial charge in [-0.1, -0.05) is 36.4 Å². The van der Waals surface area contributed by atoms with Crippen LogP contribution in [-0.4, -0.2) is 59.4 Å². The number of nitrogens with zero attached hydrogens (tertiary/aromatic N) is 3. The van der Waals surface area contributed by atoms with E-state index >= 15 is 0 Å². The summed E-state index contributed by atoms with van der Waals surface area (Å²) in [4.78, 5) is 45.2. The number of carbonyl (C=O) groups is 3. The summed E-state index contributed by atoms with van der Waals surface area (Å²) in [5, 5.41) is 2.83. The van der Waals surface area contributed by atoms with E-state index in [1.807, 2.05) is 66.4 Å². The molecule has 3 heterocycles. The maximum Gasteiger partial charge on any atom is 0.254 e. The molecule has 0 atom stereocenters. The van der Waals surface area contributed by atoms with Crippen molar-refractivity contribution in [3.63, 3.8) is 0 Å². The molecule has 8 nitrogen and oxygen atoms in total. The molecule has 3 aromatic rings. The first-order chi connectivity index (χ1) is 17.5. The van der Waals surface area contributed by atoms with Gasteiger partial charge >= 0.3 is 0 Å². The molecule has 2 aliphatic rings. The summed E-state index contributed by atoms with van der Waals surface area (Å²) in [5.74, 6) is 0.345. The number of benzene rings is 2. The van der Waals surface area contributed by atoms with Crippen molar-refractivity contribution in [3.05, 3.63) is 89.9 Å². The standard InChI is InChI=1S/C28H30N4O4/c1-21-8-5-6-12-24(21)26(34)30-15-13-28(14-16-30)27(35)31(20-32(28)22-9-3-2-4-10-22)19-25(33)29-18-23-11-7-17-36-23/h2-12,17H,13-16,18-20H2,1H3,(H,29,33). The van der Waals surface area contributed by atoms with E-state index in [9.17, 15) is 14.4 Å². The normalized spacial score (nSPS) is 17.0. The fourth-order valence-corrected chi connectivity index (χ4v) is 5.21. The number of carbonyl (C=O) groups excluding carboxylic acids is 3. The molecule has 186 valence electrons. The van der Waals surface area contributed by atoms with Gasteiger partial charge in [0.15, 0.2) is 0 Å². The number of rotatable bonds is 6. The van der Waals surface area contributed by atoms with E-state index in [-0.39, 0.29) is 30.8 Å². The average Bonchev–Trinajstić information content (AvgIpc) is 3.52. The Hall–Kier alpha value is -4.07. The van der Waals surface area contributed by atoms with Crippen molar-refractivity contribution in [2.45, 2.75) is 31.8 Å². The van der Waals surface area contributed by atoms with E-state index in [4.69, 9.17) is 4.42 Å². The third kappa shape index (κ3) is 4.46. The van der Waals surface area contributed by atoms with Crippen molar-refractivity contribution >= 4 is 23.4 Å². The van der Waals surface area contributed by atoms with Gasteiger partial charge in [0, 0.05) is 24.3 Å². The van der Waals surface area contributed by atoms with Crippen molar-refractivity contribution in [1.82, 2.24) is 15.1 Å². The zero-order chi connectivity index (χ0) is 25.1. The molecule has 0 bridgehead atoms. The second-order valence-corrected chi connectivity index (χ2v) is 9.40. The molecule has 0 saturated carbocycles. The van der Waals surface area contributed by atoms with Crippen LogP contribution in [0.3, 0.4) is 0 Å². The monoisotopic (exact) mass is 486 g/mol. The van der Waals surface area contributed by atoms with Gasteiger partial charge in [-0.15, -0.1) is 0 Å². The Bertz CT molecular complexity index is 1230. The van der Waals surface area contributed by atoms with Gasteiger partial charge < -0.3 is 24.4 Å². The van der Waals surface area contributed by atoms with Crippen LogP contribution >= 0.6 is 0 Å². The van der Waals surface area contributed by atoms with E-state index in [1.54, 1.807) is 23.3 Å². The highest BCUT2D eigenvalue weighted by Crippen LogP contribution is 2.39. The molecule has 1 aromatic heterocycles. The molecule has 8 heteroatoms. The quantitative estimate of drug-likeness (QED) is 0.579. The van der Waals surface area contributed by atoms with Crippen LogP contribution in [-0.2, 0) is 16.1 Å². The predicted molar refractivity (Wildman–Crippen MR) is 135 cm³/mol. The number of para-hydroxylation sites is 1.